The van der Waals surface area contributed by atoms with E-state index in [1.165, 1.54) is 4.90 Å². The molecule has 0 unspecified atom stereocenters. The van der Waals surface area contributed by atoms with Crippen LogP contribution in [-0.2, 0) is 35.0 Å². The molecule has 0 fully saturated rings. The third-order valence-electron chi connectivity index (χ3n) is 5.66. The number of carbonyl (C=O) groups excluding carboxylic acids is 1. The first kappa shape index (κ1) is 32.1. The molecule has 1 aliphatic rings. The van der Waals surface area contributed by atoms with Crippen molar-refractivity contribution in [3.05, 3.63) is 70.7 Å². The number of rotatable bonds is 5. The summed E-state index contributed by atoms with van der Waals surface area (Å²) in [7, 11) is -4.64. The number of imidazole rings is 1. The monoisotopic (exact) mass is 617 g/mol. The number of pyridine rings is 1. The van der Waals surface area contributed by atoms with Crippen LogP contribution in [0.2, 0.25) is 0 Å². The summed E-state index contributed by atoms with van der Waals surface area (Å²) in [6, 6.07) is 1.41. The molecule has 3 heterocycles. The molecule has 1 aromatic carbocycles. The minimum Gasteiger partial charge on any atom is -0.335 e. The average molecular weight is 617 g/mol. The van der Waals surface area contributed by atoms with Crippen molar-refractivity contribution in [2.45, 2.75) is 38.1 Å². The number of aromatic nitrogens is 3. The normalized spacial score (nSPS) is 14.3. The second-order valence-electron chi connectivity index (χ2n) is 8.74. The number of phosphoric acid groups is 1. The largest absolute Gasteiger partial charge is 0.466 e. The minimum absolute atomic E-state index is 0.104. The van der Waals surface area contributed by atoms with E-state index in [9.17, 15) is 39.9 Å². The van der Waals surface area contributed by atoms with E-state index >= 15 is 0 Å². The van der Waals surface area contributed by atoms with Gasteiger partial charge in [0.1, 0.15) is 5.82 Å². The SMILES string of the molecule is N[C@@H](CC(=O)N1CCn2c(C(F)(F)F)nc(-c3cc(F)nc(F)c3)c2C1)Cc1cc(F)c(F)cc1F.O=P(O)(O)O. The molecule has 1 amide bonds. The van der Waals surface area contributed by atoms with E-state index in [2.05, 4.69) is 9.97 Å². The van der Waals surface area contributed by atoms with Crippen LogP contribution in [0.3, 0.4) is 0 Å². The fraction of sp³-hybridized carbons (Fsp3) is 0.318. The number of nitrogens with two attached hydrogens (primary N) is 1. The van der Waals surface area contributed by atoms with Crippen LogP contribution in [0.5, 0.6) is 0 Å². The van der Waals surface area contributed by atoms with Gasteiger partial charge in [-0.25, -0.2) is 22.7 Å². The first-order valence-corrected chi connectivity index (χ1v) is 12.8. The summed E-state index contributed by atoms with van der Waals surface area (Å²) < 4.78 is 118. The van der Waals surface area contributed by atoms with Crippen molar-refractivity contribution in [2.24, 2.45) is 5.73 Å². The smallest absolute Gasteiger partial charge is 0.335 e. The lowest BCUT2D eigenvalue weighted by molar-refractivity contribution is -0.148. The summed E-state index contributed by atoms with van der Waals surface area (Å²) in [5.74, 6) is -8.13. The van der Waals surface area contributed by atoms with Gasteiger partial charge in [0.25, 0.3) is 0 Å². The van der Waals surface area contributed by atoms with Gasteiger partial charge >= 0.3 is 14.0 Å². The van der Waals surface area contributed by atoms with Crippen LogP contribution >= 0.6 is 7.82 Å². The van der Waals surface area contributed by atoms with Crippen LogP contribution in [0.1, 0.15) is 23.5 Å². The Morgan fingerprint density at radius 1 is 0.951 bits per heavy atom. The topological polar surface area (TPSA) is 155 Å². The van der Waals surface area contributed by atoms with Crippen molar-refractivity contribution >= 4 is 13.7 Å². The van der Waals surface area contributed by atoms with Crippen LogP contribution in [0.4, 0.5) is 35.1 Å². The van der Waals surface area contributed by atoms with E-state index in [-0.39, 0.29) is 55.0 Å². The van der Waals surface area contributed by atoms with Crippen molar-refractivity contribution in [1.82, 2.24) is 19.4 Å². The van der Waals surface area contributed by atoms with Gasteiger partial charge in [-0.1, -0.05) is 0 Å². The number of nitrogens with zero attached hydrogens (tertiary/aromatic N) is 4. The summed E-state index contributed by atoms with van der Waals surface area (Å²) in [6.45, 7) is -0.850. The van der Waals surface area contributed by atoms with Crippen molar-refractivity contribution < 1.29 is 59.2 Å². The van der Waals surface area contributed by atoms with Crippen LogP contribution in [0.25, 0.3) is 11.3 Å². The van der Waals surface area contributed by atoms with Gasteiger partial charge < -0.3 is 29.9 Å². The molecule has 4 rings (SSSR count). The molecule has 0 saturated heterocycles. The van der Waals surface area contributed by atoms with E-state index in [4.69, 9.17) is 25.0 Å². The third kappa shape index (κ3) is 8.53. The highest BCUT2D eigenvalue weighted by atomic mass is 31.2. The maximum Gasteiger partial charge on any atom is 0.466 e. The Balaban J connectivity index is 0.000000850. The molecule has 10 nitrogen and oxygen atoms in total. The van der Waals surface area contributed by atoms with E-state index < -0.39 is 61.1 Å². The van der Waals surface area contributed by atoms with E-state index in [0.717, 1.165) is 16.7 Å². The Bertz CT molecular complexity index is 1470. The number of hydrogen-bond acceptors (Lipinski definition) is 5. The van der Waals surface area contributed by atoms with Crippen molar-refractivity contribution in [3.8, 4) is 11.3 Å². The molecule has 1 atom stereocenters. The molecule has 0 radical (unpaired) electrons. The zero-order chi connectivity index (χ0) is 30.9. The van der Waals surface area contributed by atoms with Crippen molar-refractivity contribution in [1.29, 1.82) is 0 Å². The van der Waals surface area contributed by atoms with Gasteiger partial charge in [0.05, 0.1) is 17.9 Å². The Morgan fingerprint density at radius 2 is 1.51 bits per heavy atom. The van der Waals surface area contributed by atoms with Gasteiger partial charge in [-0.15, -0.1) is 0 Å². The van der Waals surface area contributed by atoms with Crippen LogP contribution < -0.4 is 5.73 Å². The maximum absolute atomic E-state index is 13.9. The lowest BCUT2D eigenvalue weighted by Crippen LogP contribution is -2.42. The van der Waals surface area contributed by atoms with Gasteiger partial charge in [0.2, 0.25) is 23.6 Å². The summed E-state index contributed by atoms with van der Waals surface area (Å²) in [4.78, 5) is 42.0. The lowest BCUT2D eigenvalue weighted by atomic mass is 10.0. The number of fused-ring (bicyclic) bond motifs is 1. The first-order chi connectivity index (χ1) is 18.8. The molecular formula is C22H20F8N5O5P. The minimum atomic E-state index is -4.87. The first-order valence-electron chi connectivity index (χ1n) is 11.3. The summed E-state index contributed by atoms with van der Waals surface area (Å²) in [6.07, 6.45) is -5.56. The standard InChI is InChI=1S/C22H17F8N5O.H3O4P/c23-13-8-15(25)14(24)4-10(13)3-12(31)7-19(36)34-1-2-35-16(9-34)20(33-21(35)22(28,29)30)11-5-17(26)32-18(27)6-11;1-5(2,3)4/h4-6,8,12H,1-3,7,9,31H2;(H3,1,2,3,4)/t12-;/m1./s1. The Hall–Kier alpha value is -3.44. The molecule has 41 heavy (non-hydrogen) atoms. The molecule has 0 aliphatic carbocycles. The average Bonchev–Trinajstić information content (AvgIpc) is 3.20. The van der Waals surface area contributed by atoms with Gasteiger partial charge in [0.15, 0.2) is 11.6 Å². The second kappa shape index (κ2) is 12.2. The molecule has 5 N–H and O–H groups in total. The van der Waals surface area contributed by atoms with E-state index in [1.807, 2.05) is 0 Å². The highest BCUT2D eigenvalue weighted by Gasteiger charge is 2.41. The quantitative estimate of drug-likeness (QED) is 0.148. The van der Waals surface area contributed by atoms with E-state index in [1.54, 1.807) is 0 Å². The number of benzene rings is 1. The number of amides is 1. The van der Waals surface area contributed by atoms with Crippen molar-refractivity contribution in [3.63, 3.8) is 0 Å². The van der Waals surface area contributed by atoms with Crippen LogP contribution in [-0.4, -0.2) is 52.6 Å². The molecule has 2 aromatic heterocycles. The molecule has 19 heteroatoms. The fourth-order valence-corrected chi connectivity index (χ4v) is 4.06. The summed E-state index contributed by atoms with van der Waals surface area (Å²) in [5.41, 5.74) is 4.88. The van der Waals surface area contributed by atoms with Gasteiger partial charge in [0, 0.05) is 49.3 Å². The highest BCUT2D eigenvalue weighted by molar-refractivity contribution is 7.45. The Morgan fingerprint density at radius 3 is 2.07 bits per heavy atom. The van der Waals surface area contributed by atoms with Crippen LogP contribution in [0, 0.1) is 29.3 Å². The zero-order valence-corrected chi connectivity index (χ0v) is 21.3. The lowest BCUT2D eigenvalue weighted by Gasteiger charge is -2.30. The second-order valence-corrected chi connectivity index (χ2v) is 9.76. The number of halogens is 8. The highest BCUT2D eigenvalue weighted by Crippen LogP contribution is 2.36. The predicted molar refractivity (Wildman–Crippen MR) is 123 cm³/mol. The molecule has 0 saturated carbocycles. The van der Waals surface area contributed by atoms with E-state index in [0.29, 0.717) is 12.1 Å². The molecule has 0 spiro atoms. The van der Waals surface area contributed by atoms with Gasteiger partial charge in [-0.2, -0.15) is 26.9 Å². The van der Waals surface area contributed by atoms with Gasteiger partial charge in [-0.05, 0) is 18.1 Å². The van der Waals surface area contributed by atoms with Gasteiger partial charge in [-0.3, -0.25) is 4.79 Å². The predicted octanol–water partition coefficient (Wildman–Crippen LogP) is 3.03. The Labute approximate surface area is 225 Å². The summed E-state index contributed by atoms with van der Waals surface area (Å²) >= 11 is 0. The molecule has 3 aromatic rings. The number of alkyl halides is 3. The van der Waals surface area contributed by atoms with Crippen LogP contribution in [0.15, 0.2) is 24.3 Å². The van der Waals surface area contributed by atoms with Crippen molar-refractivity contribution in [2.75, 3.05) is 6.54 Å². The Kier molecular flexibility index (Phi) is 9.54. The maximum atomic E-state index is 13.9. The third-order valence-corrected chi connectivity index (χ3v) is 5.66. The fourth-order valence-electron chi connectivity index (χ4n) is 4.06. The summed E-state index contributed by atoms with van der Waals surface area (Å²) in [5, 5.41) is 0. The molecule has 0 bridgehead atoms. The molecule has 1 aliphatic heterocycles. The zero-order valence-electron chi connectivity index (χ0n) is 20.4. The molecular weight excluding hydrogens is 597 g/mol. The molecule has 224 valence electrons. The number of hydrogen-bond donors (Lipinski definition) is 4. The number of carbonyl (C=O) groups is 1.